The van der Waals surface area contributed by atoms with Crippen molar-refractivity contribution in [3.63, 3.8) is 0 Å². The molecule has 1 aromatic carbocycles. The summed E-state index contributed by atoms with van der Waals surface area (Å²) in [6.07, 6.45) is 4.95. The largest absolute Gasteiger partial charge is 0.497 e. The standard InChI is InChI=1S/C18H22N4O3/c1-24-14-4-2-13(3-5-14)16-20-21-17(25-16)19-12-15(23)22-10-8-18(6-7-18)9-11-22/h2-5H,6-12H2,1H3,(H,19,21). The van der Waals surface area contributed by atoms with Gasteiger partial charge in [0.2, 0.25) is 11.8 Å². The number of methoxy groups -OCH3 is 1. The van der Waals surface area contributed by atoms with Gasteiger partial charge in [0.15, 0.2) is 0 Å². The summed E-state index contributed by atoms with van der Waals surface area (Å²) in [5, 5.41) is 10.9. The molecule has 1 aliphatic heterocycles. The molecule has 1 saturated heterocycles. The number of piperidine rings is 1. The third-order valence-corrected chi connectivity index (χ3v) is 5.29. The fourth-order valence-corrected chi connectivity index (χ4v) is 3.32. The Hall–Kier alpha value is -2.57. The number of hydrogen-bond acceptors (Lipinski definition) is 6. The highest BCUT2D eigenvalue weighted by atomic mass is 16.5. The Morgan fingerprint density at radius 2 is 1.92 bits per heavy atom. The third-order valence-electron chi connectivity index (χ3n) is 5.29. The Morgan fingerprint density at radius 3 is 2.56 bits per heavy atom. The molecule has 1 amide bonds. The highest BCUT2D eigenvalue weighted by molar-refractivity contribution is 5.80. The van der Waals surface area contributed by atoms with Crippen molar-refractivity contribution < 1.29 is 13.9 Å². The van der Waals surface area contributed by atoms with Gasteiger partial charge in [0, 0.05) is 18.7 Å². The van der Waals surface area contributed by atoms with Crippen molar-refractivity contribution in [3.05, 3.63) is 24.3 Å². The molecule has 2 fully saturated rings. The smallest absolute Gasteiger partial charge is 0.316 e. The number of hydrogen-bond donors (Lipinski definition) is 1. The van der Waals surface area contributed by atoms with Crippen LogP contribution in [0.15, 0.2) is 28.7 Å². The van der Waals surface area contributed by atoms with Crippen LogP contribution in [-0.2, 0) is 4.79 Å². The maximum atomic E-state index is 12.3. The van der Waals surface area contributed by atoms with Gasteiger partial charge in [-0.15, -0.1) is 5.10 Å². The highest BCUT2D eigenvalue weighted by Crippen LogP contribution is 2.53. The van der Waals surface area contributed by atoms with E-state index in [2.05, 4.69) is 15.5 Å². The first-order valence-corrected chi connectivity index (χ1v) is 8.67. The molecule has 1 aromatic heterocycles. The van der Waals surface area contributed by atoms with Crippen LogP contribution in [0.1, 0.15) is 25.7 Å². The topological polar surface area (TPSA) is 80.5 Å². The van der Waals surface area contributed by atoms with Crippen molar-refractivity contribution >= 4 is 11.9 Å². The van der Waals surface area contributed by atoms with Crippen LogP contribution in [0.25, 0.3) is 11.5 Å². The molecule has 7 nitrogen and oxygen atoms in total. The summed E-state index contributed by atoms with van der Waals surface area (Å²) in [7, 11) is 1.62. The number of likely N-dealkylation sites (tertiary alicyclic amines) is 1. The number of rotatable bonds is 5. The van der Waals surface area contributed by atoms with Gasteiger partial charge in [0.25, 0.3) is 0 Å². The van der Waals surface area contributed by atoms with E-state index in [9.17, 15) is 4.79 Å². The Balaban J connectivity index is 1.31. The van der Waals surface area contributed by atoms with E-state index in [0.717, 1.165) is 37.2 Å². The Bertz CT molecular complexity index is 742. The number of carbonyl (C=O) groups is 1. The van der Waals surface area contributed by atoms with Crippen molar-refractivity contribution in [2.24, 2.45) is 5.41 Å². The minimum absolute atomic E-state index is 0.0831. The zero-order valence-corrected chi connectivity index (χ0v) is 14.3. The van der Waals surface area contributed by atoms with Crippen molar-refractivity contribution in [2.75, 3.05) is 32.1 Å². The van der Waals surface area contributed by atoms with E-state index >= 15 is 0 Å². The number of benzene rings is 1. The van der Waals surface area contributed by atoms with E-state index in [1.807, 2.05) is 29.2 Å². The van der Waals surface area contributed by atoms with Crippen LogP contribution < -0.4 is 10.1 Å². The van der Waals surface area contributed by atoms with Crippen molar-refractivity contribution in [1.29, 1.82) is 0 Å². The number of carbonyl (C=O) groups excluding carboxylic acids is 1. The molecular weight excluding hydrogens is 320 g/mol. The fourth-order valence-electron chi connectivity index (χ4n) is 3.32. The van der Waals surface area contributed by atoms with Crippen LogP contribution >= 0.6 is 0 Å². The van der Waals surface area contributed by atoms with Crippen LogP contribution in [0.2, 0.25) is 0 Å². The van der Waals surface area contributed by atoms with Crippen LogP contribution in [0.3, 0.4) is 0 Å². The summed E-state index contributed by atoms with van der Waals surface area (Å²) in [5.74, 6) is 1.26. The van der Waals surface area contributed by atoms with Crippen molar-refractivity contribution in [3.8, 4) is 17.2 Å². The lowest BCUT2D eigenvalue weighted by Crippen LogP contribution is -2.41. The Morgan fingerprint density at radius 1 is 1.20 bits per heavy atom. The van der Waals surface area contributed by atoms with E-state index in [-0.39, 0.29) is 18.5 Å². The molecule has 0 bridgehead atoms. The maximum Gasteiger partial charge on any atom is 0.316 e. The second-order valence-electron chi connectivity index (χ2n) is 6.88. The second kappa shape index (κ2) is 6.38. The molecule has 2 heterocycles. The summed E-state index contributed by atoms with van der Waals surface area (Å²) in [6.45, 7) is 1.90. The molecule has 1 aliphatic carbocycles. The van der Waals surface area contributed by atoms with Gasteiger partial charge < -0.3 is 19.4 Å². The Labute approximate surface area is 146 Å². The van der Waals surface area contributed by atoms with E-state index in [4.69, 9.17) is 9.15 Å². The van der Waals surface area contributed by atoms with Gasteiger partial charge in [-0.25, -0.2) is 0 Å². The van der Waals surface area contributed by atoms with Gasteiger partial charge >= 0.3 is 6.01 Å². The molecule has 132 valence electrons. The minimum Gasteiger partial charge on any atom is -0.497 e. The predicted octanol–water partition coefficient (Wildman–Crippen LogP) is 2.56. The van der Waals surface area contributed by atoms with Gasteiger partial charge in [-0.1, -0.05) is 5.10 Å². The Kier molecular flexibility index (Phi) is 4.07. The zero-order chi connectivity index (χ0) is 17.3. The lowest BCUT2D eigenvalue weighted by Gasteiger charge is -2.32. The SMILES string of the molecule is COc1ccc(-c2nnc(NCC(=O)N3CCC4(CC3)CC4)o2)cc1. The van der Waals surface area contributed by atoms with Gasteiger partial charge in [0.1, 0.15) is 5.75 Å². The van der Waals surface area contributed by atoms with Crippen molar-refractivity contribution in [2.45, 2.75) is 25.7 Å². The quantitative estimate of drug-likeness (QED) is 0.899. The van der Waals surface area contributed by atoms with Crippen LogP contribution in [-0.4, -0.2) is 47.7 Å². The maximum absolute atomic E-state index is 12.3. The van der Waals surface area contributed by atoms with Crippen LogP contribution in [0, 0.1) is 5.41 Å². The first-order chi connectivity index (χ1) is 12.2. The normalized spacial score (nSPS) is 18.2. The van der Waals surface area contributed by atoms with Crippen LogP contribution in [0.5, 0.6) is 5.75 Å². The summed E-state index contributed by atoms with van der Waals surface area (Å²) >= 11 is 0. The van der Waals surface area contributed by atoms with Crippen LogP contribution in [0.4, 0.5) is 6.01 Å². The number of amides is 1. The summed E-state index contributed by atoms with van der Waals surface area (Å²) in [5.41, 5.74) is 1.38. The molecule has 25 heavy (non-hydrogen) atoms. The monoisotopic (exact) mass is 342 g/mol. The van der Waals surface area contributed by atoms with Gasteiger partial charge in [-0.05, 0) is 55.4 Å². The highest BCUT2D eigenvalue weighted by Gasteiger charge is 2.44. The number of nitrogens with one attached hydrogen (secondary N) is 1. The predicted molar refractivity (Wildman–Crippen MR) is 92.3 cm³/mol. The fraction of sp³-hybridized carbons (Fsp3) is 0.500. The van der Waals surface area contributed by atoms with Gasteiger partial charge in [-0.2, -0.15) is 0 Å². The lowest BCUT2D eigenvalue weighted by atomic mass is 9.94. The third kappa shape index (κ3) is 3.45. The molecule has 2 aliphatic rings. The number of aromatic nitrogens is 2. The number of anilines is 1. The molecule has 7 heteroatoms. The number of nitrogens with zero attached hydrogens (tertiary/aromatic N) is 3. The van der Waals surface area contributed by atoms with E-state index in [1.165, 1.54) is 12.8 Å². The van der Waals surface area contributed by atoms with E-state index < -0.39 is 0 Å². The molecule has 0 radical (unpaired) electrons. The second-order valence-corrected chi connectivity index (χ2v) is 6.88. The lowest BCUT2D eigenvalue weighted by molar-refractivity contribution is -0.130. The molecule has 0 atom stereocenters. The summed E-state index contributed by atoms with van der Waals surface area (Å²) in [6, 6.07) is 7.62. The molecule has 2 aromatic rings. The van der Waals surface area contributed by atoms with Gasteiger partial charge in [0.05, 0.1) is 13.7 Å². The first kappa shape index (κ1) is 15.9. The average Bonchev–Trinajstić information content (AvgIpc) is 3.23. The zero-order valence-electron chi connectivity index (χ0n) is 14.3. The molecular formula is C18H22N4O3. The molecule has 0 unspecified atom stereocenters. The van der Waals surface area contributed by atoms with E-state index in [0.29, 0.717) is 11.3 Å². The average molecular weight is 342 g/mol. The number of ether oxygens (including phenoxy) is 1. The summed E-state index contributed by atoms with van der Waals surface area (Å²) < 4.78 is 10.7. The molecule has 1 N–H and O–H groups in total. The van der Waals surface area contributed by atoms with Crippen molar-refractivity contribution in [1.82, 2.24) is 15.1 Å². The molecule has 4 rings (SSSR count). The van der Waals surface area contributed by atoms with E-state index in [1.54, 1.807) is 7.11 Å². The summed E-state index contributed by atoms with van der Waals surface area (Å²) in [4.78, 5) is 14.2. The van der Waals surface area contributed by atoms with Gasteiger partial charge in [-0.3, -0.25) is 4.79 Å². The molecule has 1 saturated carbocycles. The minimum atomic E-state index is 0.0831. The molecule has 1 spiro atoms. The first-order valence-electron chi connectivity index (χ1n) is 8.67.